The number of amides is 1. The molecule has 1 amide bonds. The molecule has 3 aromatic rings. The Morgan fingerprint density at radius 1 is 1.08 bits per heavy atom. The highest BCUT2D eigenvalue weighted by Crippen LogP contribution is 2.44. The first-order valence-electron chi connectivity index (χ1n) is 11.2. The molecule has 4 rings (SSSR count). The van der Waals surface area contributed by atoms with Crippen LogP contribution in [0.3, 0.4) is 0 Å². The van der Waals surface area contributed by atoms with Crippen LogP contribution in [0.5, 0.6) is 17.2 Å². The van der Waals surface area contributed by atoms with Crippen LogP contribution in [0, 0.1) is 13.8 Å². The van der Waals surface area contributed by atoms with Crippen LogP contribution in [0.2, 0.25) is 0 Å². The van der Waals surface area contributed by atoms with E-state index in [0.29, 0.717) is 28.5 Å². The number of rotatable bonds is 6. The summed E-state index contributed by atoms with van der Waals surface area (Å²) in [5.74, 6) is -1.33. The van der Waals surface area contributed by atoms with Crippen LogP contribution in [0.25, 0.3) is 11.1 Å². The van der Waals surface area contributed by atoms with Crippen molar-refractivity contribution in [1.29, 1.82) is 0 Å². The summed E-state index contributed by atoms with van der Waals surface area (Å²) in [7, 11) is 0. The van der Waals surface area contributed by atoms with Crippen LogP contribution < -0.4 is 14.4 Å². The molecule has 1 aromatic heterocycles. The summed E-state index contributed by atoms with van der Waals surface area (Å²) in [4.78, 5) is 39.0. The van der Waals surface area contributed by atoms with Gasteiger partial charge in [-0.2, -0.15) is 0 Å². The fourth-order valence-corrected chi connectivity index (χ4v) is 3.95. The Bertz CT molecular complexity index is 1330. The first-order valence-corrected chi connectivity index (χ1v) is 11.2. The molecule has 1 aliphatic heterocycles. The number of hydrogen-bond donors (Lipinski definition) is 1. The molecule has 0 radical (unpaired) electrons. The Labute approximate surface area is 207 Å². The Balaban J connectivity index is 1.85. The maximum Gasteiger partial charge on any atom is 0.341 e. The molecule has 0 fully saturated rings. The number of nitrogens with zero attached hydrogens (tertiary/aromatic N) is 2. The maximum atomic E-state index is 13.9. The highest BCUT2D eigenvalue weighted by molar-refractivity contribution is 6.13. The van der Waals surface area contributed by atoms with E-state index in [0.717, 1.165) is 5.56 Å². The van der Waals surface area contributed by atoms with Crippen molar-refractivity contribution in [3.05, 3.63) is 53.4 Å². The van der Waals surface area contributed by atoms with E-state index < -0.39 is 36.6 Å². The summed E-state index contributed by atoms with van der Waals surface area (Å²) in [6.07, 6.45) is 0. The second kappa shape index (κ2) is 9.37. The first-order chi connectivity index (χ1) is 16.9. The summed E-state index contributed by atoms with van der Waals surface area (Å²) in [5, 5.41) is 13.1. The van der Waals surface area contributed by atoms with Gasteiger partial charge in [-0.3, -0.25) is 14.5 Å². The zero-order valence-corrected chi connectivity index (χ0v) is 20.6. The molecule has 0 atom stereocenters. The van der Waals surface area contributed by atoms with Gasteiger partial charge in [0.25, 0.3) is 5.91 Å². The van der Waals surface area contributed by atoms with Crippen LogP contribution in [0.4, 0.5) is 5.69 Å². The van der Waals surface area contributed by atoms with Crippen LogP contribution in [-0.2, 0) is 14.3 Å². The molecule has 10 nitrogen and oxygen atoms in total. The van der Waals surface area contributed by atoms with Crippen molar-refractivity contribution < 1.29 is 38.2 Å². The number of aromatic nitrogens is 1. The lowest BCUT2D eigenvalue weighted by Crippen LogP contribution is -2.38. The number of hydrogen-bond acceptors (Lipinski definition) is 8. The lowest BCUT2D eigenvalue weighted by molar-refractivity contribution is -0.152. The molecule has 36 heavy (non-hydrogen) atoms. The molecule has 0 spiro atoms. The van der Waals surface area contributed by atoms with Gasteiger partial charge in [0.1, 0.15) is 35.0 Å². The van der Waals surface area contributed by atoms with Crippen molar-refractivity contribution in [2.24, 2.45) is 0 Å². The second-order valence-electron chi connectivity index (χ2n) is 9.27. The highest BCUT2D eigenvalue weighted by atomic mass is 16.6. The number of ether oxygens (including phenoxy) is 3. The van der Waals surface area contributed by atoms with E-state index in [-0.39, 0.29) is 17.1 Å². The number of carboxylic acids is 1. The van der Waals surface area contributed by atoms with Gasteiger partial charge < -0.3 is 23.8 Å². The third-order valence-corrected chi connectivity index (χ3v) is 5.30. The van der Waals surface area contributed by atoms with E-state index in [1.807, 2.05) is 0 Å². The minimum Gasteiger partial charge on any atom is -0.481 e. The Morgan fingerprint density at radius 3 is 2.47 bits per heavy atom. The average Bonchev–Trinajstić information content (AvgIpc) is 3.07. The van der Waals surface area contributed by atoms with E-state index in [1.165, 1.54) is 11.0 Å². The minimum absolute atomic E-state index is 0.00241. The topological polar surface area (TPSA) is 128 Å². The summed E-state index contributed by atoms with van der Waals surface area (Å²) < 4.78 is 22.2. The molecule has 0 saturated carbocycles. The van der Waals surface area contributed by atoms with Gasteiger partial charge in [-0.05, 0) is 64.4 Å². The number of anilines is 1. The zero-order valence-electron chi connectivity index (χ0n) is 20.6. The molecule has 1 aliphatic rings. The smallest absolute Gasteiger partial charge is 0.341 e. The van der Waals surface area contributed by atoms with Crippen molar-refractivity contribution in [2.45, 2.75) is 40.2 Å². The zero-order chi connectivity index (χ0) is 26.2. The Hall–Kier alpha value is -4.34. The molecular formula is C26H26N2O8. The van der Waals surface area contributed by atoms with Crippen LogP contribution >= 0.6 is 0 Å². The van der Waals surface area contributed by atoms with Crippen LogP contribution in [0.15, 0.2) is 40.9 Å². The number of aliphatic carboxylic acids is 1. The largest absolute Gasteiger partial charge is 0.481 e. The van der Waals surface area contributed by atoms with Gasteiger partial charge in [0, 0.05) is 5.56 Å². The van der Waals surface area contributed by atoms with Gasteiger partial charge in [0.2, 0.25) is 0 Å². The number of carboxylic acid groups (broad SMARTS) is 1. The SMILES string of the molecule is Cc1noc(C)c1-c1ccc2c(c1)N(CC(=O)OC(C)(C)C)C(=O)c1c(OCC(=O)O)cccc1O2. The molecule has 188 valence electrons. The summed E-state index contributed by atoms with van der Waals surface area (Å²) in [6, 6.07) is 9.84. The number of carbonyl (C=O) groups excluding carboxylic acids is 2. The Kier molecular flexibility index (Phi) is 6.45. The number of fused-ring (bicyclic) bond motifs is 2. The molecule has 0 aliphatic carbocycles. The number of carbonyl (C=O) groups is 3. The van der Waals surface area contributed by atoms with Gasteiger partial charge in [-0.15, -0.1) is 0 Å². The van der Waals surface area contributed by atoms with Crippen molar-refractivity contribution >= 4 is 23.5 Å². The lowest BCUT2D eigenvalue weighted by Gasteiger charge is -2.25. The summed E-state index contributed by atoms with van der Waals surface area (Å²) in [5.41, 5.74) is 1.69. The van der Waals surface area contributed by atoms with Gasteiger partial charge in [0.05, 0.1) is 11.4 Å². The fraction of sp³-hybridized carbons (Fsp3) is 0.308. The molecule has 10 heteroatoms. The van der Waals surface area contributed by atoms with Gasteiger partial charge in [-0.1, -0.05) is 17.3 Å². The van der Waals surface area contributed by atoms with Gasteiger partial charge in [-0.25, -0.2) is 4.79 Å². The van der Waals surface area contributed by atoms with Crippen molar-refractivity contribution in [2.75, 3.05) is 18.1 Å². The molecule has 0 saturated heterocycles. The molecule has 0 bridgehead atoms. The van der Waals surface area contributed by atoms with Crippen LogP contribution in [-0.4, -0.2) is 46.9 Å². The molecule has 1 N–H and O–H groups in total. The molecular weight excluding hydrogens is 468 g/mol. The number of aryl methyl sites for hydroxylation is 2. The molecule has 2 heterocycles. The lowest BCUT2D eigenvalue weighted by atomic mass is 10.0. The van der Waals surface area contributed by atoms with E-state index in [4.69, 9.17) is 23.8 Å². The highest BCUT2D eigenvalue weighted by Gasteiger charge is 2.34. The predicted molar refractivity (Wildman–Crippen MR) is 129 cm³/mol. The second-order valence-corrected chi connectivity index (χ2v) is 9.27. The monoisotopic (exact) mass is 494 g/mol. The van der Waals surface area contributed by atoms with E-state index in [2.05, 4.69) is 5.16 Å². The van der Waals surface area contributed by atoms with Crippen molar-refractivity contribution in [1.82, 2.24) is 5.16 Å². The van der Waals surface area contributed by atoms with E-state index in [1.54, 1.807) is 65.0 Å². The third-order valence-electron chi connectivity index (χ3n) is 5.30. The van der Waals surface area contributed by atoms with Gasteiger partial charge in [0.15, 0.2) is 12.4 Å². The van der Waals surface area contributed by atoms with E-state index in [9.17, 15) is 14.4 Å². The standard InChI is InChI=1S/C26H26N2O8/c1-14-23(15(2)36-27-14)16-9-10-18-17(11-16)28(12-22(31)35-26(3,4)5)25(32)24-19(33-13-21(29)30)7-6-8-20(24)34-18/h6-11H,12-13H2,1-5H3,(H,29,30). The molecule has 2 aromatic carbocycles. The van der Waals surface area contributed by atoms with Crippen molar-refractivity contribution in [3.63, 3.8) is 0 Å². The molecule has 0 unspecified atom stereocenters. The third kappa shape index (κ3) is 5.02. The van der Waals surface area contributed by atoms with Crippen LogP contribution in [0.1, 0.15) is 42.6 Å². The fourth-order valence-electron chi connectivity index (χ4n) is 3.95. The summed E-state index contributed by atoms with van der Waals surface area (Å²) in [6.45, 7) is 7.71. The first kappa shape index (κ1) is 24.8. The quantitative estimate of drug-likeness (QED) is 0.492. The normalized spacial score (nSPS) is 12.8. The average molecular weight is 495 g/mol. The van der Waals surface area contributed by atoms with Crippen molar-refractivity contribution in [3.8, 4) is 28.4 Å². The predicted octanol–water partition coefficient (Wildman–Crippen LogP) is 4.52. The minimum atomic E-state index is -1.20. The van der Waals surface area contributed by atoms with Gasteiger partial charge >= 0.3 is 11.9 Å². The number of esters is 1. The maximum absolute atomic E-state index is 13.9. The number of benzene rings is 2. The Morgan fingerprint density at radius 2 is 1.83 bits per heavy atom. The summed E-state index contributed by atoms with van der Waals surface area (Å²) >= 11 is 0. The van der Waals surface area contributed by atoms with E-state index >= 15 is 0 Å².